The number of para-hydroxylation sites is 1. The van der Waals surface area contributed by atoms with Gasteiger partial charge in [-0.05, 0) is 51.3 Å². The minimum Gasteiger partial charge on any atom is -0.494 e. The number of amides is 1. The van der Waals surface area contributed by atoms with Crippen LogP contribution in [0.2, 0.25) is 4.34 Å². The molecule has 5 nitrogen and oxygen atoms in total. The highest BCUT2D eigenvalue weighted by molar-refractivity contribution is 7.22. The third-order valence-electron chi connectivity index (χ3n) is 3.84. The second-order valence-corrected chi connectivity index (χ2v) is 8.75. The number of anilines is 1. The SMILES string of the molecule is COc1cccc2sc(N(CCCN(C)C)C(=O)c3ccc(Cl)s3)nc12.Cl. The van der Waals surface area contributed by atoms with E-state index >= 15 is 0 Å². The van der Waals surface area contributed by atoms with Gasteiger partial charge in [-0.15, -0.1) is 23.7 Å². The molecule has 1 amide bonds. The Bertz CT molecular complexity index is 911. The number of halogens is 2. The van der Waals surface area contributed by atoms with E-state index in [1.807, 2.05) is 32.3 Å². The lowest BCUT2D eigenvalue weighted by atomic mass is 10.3. The maximum atomic E-state index is 13.1. The molecular weight excluding hydrogens is 425 g/mol. The largest absolute Gasteiger partial charge is 0.494 e. The van der Waals surface area contributed by atoms with Gasteiger partial charge in [0.1, 0.15) is 11.3 Å². The number of carbonyl (C=O) groups is 1. The molecule has 1 aromatic carbocycles. The minimum atomic E-state index is -0.0707. The predicted octanol–water partition coefficient (Wildman–Crippen LogP) is 5.04. The Kier molecular flexibility index (Phi) is 7.88. The molecule has 0 aliphatic heterocycles. The lowest BCUT2D eigenvalue weighted by Gasteiger charge is -2.20. The van der Waals surface area contributed by atoms with Gasteiger partial charge in [-0.1, -0.05) is 29.0 Å². The molecule has 2 heterocycles. The molecule has 2 aromatic heterocycles. The molecule has 0 unspecified atom stereocenters. The average molecular weight is 446 g/mol. The van der Waals surface area contributed by atoms with Gasteiger partial charge in [-0.3, -0.25) is 9.69 Å². The first kappa shape index (κ1) is 21.9. The monoisotopic (exact) mass is 445 g/mol. The zero-order chi connectivity index (χ0) is 18.7. The van der Waals surface area contributed by atoms with E-state index < -0.39 is 0 Å². The van der Waals surface area contributed by atoms with Crippen LogP contribution in [-0.4, -0.2) is 50.1 Å². The van der Waals surface area contributed by atoms with Crippen LogP contribution in [0, 0.1) is 0 Å². The third-order valence-corrected chi connectivity index (χ3v) is 6.10. The number of hydrogen-bond donors (Lipinski definition) is 0. The summed E-state index contributed by atoms with van der Waals surface area (Å²) in [5.74, 6) is 0.642. The molecule has 0 atom stereocenters. The second kappa shape index (κ2) is 9.71. The van der Waals surface area contributed by atoms with Crippen LogP contribution in [0.5, 0.6) is 5.75 Å². The van der Waals surface area contributed by atoms with Crippen LogP contribution in [-0.2, 0) is 0 Å². The minimum absolute atomic E-state index is 0. The molecule has 3 aromatic rings. The van der Waals surface area contributed by atoms with Crippen molar-refractivity contribution in [1.82, 2.24) is 9.88 Å². The van der Waals surface area contributed by atoms with E-state index in [1.165, 1.54) is 22.7 Å². The van der Waals surface area contributed by atoms with Crippen LogP contribution in [0.3, 0.4) is 0 Å². The zero-order valence-electron chi connectivity index (χ0n) is 15.3. The molecule has 9 heteroatoms. The Morgan fingerprint density at radius 3 is 2.59 bits per heavy atom. The first-order valence-corrected chi connectivity index (χ1v) is 10.2. The Balaban J connectivity index is 0.00000261. The van der Waals surface area contributed by atoms with Crippen LogP contribution in [0.4, 0.5) is 5.13 Å². The third kappa shape index (κ3) is 5.12. The van der Waals surface area contributed by atoms with E-state index in [0.29, 0.717) is 26.6 Å². The number of fused-ring (bicyclic) bond motifs is 1. The maximum Gasteiger partial charge on any atom is 0.270 e. The Morgan fingerprint density at radius 1 is 1.19 bits per heavy atom. The van der Waals surface area contributed by atoms with Crippen LogP contribution in [0.1, 0.15) is 16.1 Å². The van der Waals surface area contributed by atoms with Gasteiger partial charge in [-0.2, -0.15) is 0 Å². The van der Waals surface area contributed by atoms with Crippen molar-refractivity contribution >= 4 is 67.9 Å². The number of ether oxygens (including phenoxy) is 1. The van der Waals surface area contributed by atoms with Crippen molar-refractivity contribution < 1.29 is 9.53 Å². The molecular formula is C18H21Cl2N3O2S2. The number of rotatable bonds is 7. The molecule has 0 aliphatic carbocycles. The summed E-state index contributed by atoms with van der Waals surface area (Å²) in [4.78, 5) is 22.2. The van der Waals surface area contributed by atoms with Gasteiger partial charge in [0.05, 0.1) is 21.0 Å². The lowest BCUT2D eigenvalue weighted by Crippen LogP contribution is -2.32. The number of nitrogens with zero attached hydrogens (tertiary/aromatic N) is 3. The van der Waals surface area contributed by atoms with Crippen molar-refractivity contribution in [2.45, 2.75) is 6.42 Å². The van der Waals surface area contributed by atoms with E-state index in [-0.39, 0.29) is 18.3 Å². The predicted molar refractivity (Wildman–Crippen MR) is 118 cm³/mol. The fourth-order valence-electron chi connectivity index (χ4n) is 2.58. The summed E-state index contributed by atoms with van der Waals surface area (Å²) in [6.07, 6.45) is 0.852. The molecule has 0 saturated carbocycles. The summed E-state index contributed by atoms with van der Waals surface area (Å²) >= 11 is 8.80. The van der Waals surface area contributed by atoms with Crippen LogP contribution in [0.15, 0.2) is 30.3 Å². The molecule has 0 radical (unpaired) electrons. The smallest absolute Gasteiger partial charge is 0.270 e. The molecule has 0 saturated heterocycles. The maximum absolute atomic E-state index is 13.1. The summed E-state index contributed by atoms with van der Waals surface area (Å²) in [6.45, 7) is 1.48. The van der Waals surface area contributed by atoms with Crippen molar-refractivity contribution in [3.8, 4) is 5.75 Å². The van der Waals surface area contributed by atoms with Crippen molar-refractivity contribution in [2.24, 2.45) is 0 Å². The molecule has 0 bridgehead atoms. The van der Waals surface area contributed by atoms with E-state index in [9.17, 15) is 4.79 Å². The number of methoxy groups -OCH3 is 1. The summed E-state index contributed by atoms with van der Waals surface area (Å²) in [5.41, 5.74) is 0.782. The number of carbonyl (C=O) groups excluding carboxylic acids is 1. The Morgan fingerprint density at radius 2 is 1.96 bits per heavy atom. The van der Waals surface area contributed by atoms with Gasteiger partial charge in [0.2, 0.25) is 0 Å². The summed E-state index contributed by atoms with van der Waals surface area (Å²) in [7, 11) is 5.67. The van der Waals surface area contributed by atoms with Gasteiger partial charge in [0, 0.05) is 6.54 Å². The van der Waals surface area contributed by atoms with Crippen molar-refractivity contribution in [3.05, 3.63) is 39.5 Å². The highest BCUT2D eigenvalue weighted by Gasteiger charge is 2.23. The fraction of sp³-hybridized carbons (Fsp3) is 0.333. The average Bonchev–Trinajstić information content (AvgIpc) is 3.23. The molecule has 146 valence electrons. The number of benzene rings is 1. The fourth-order valence-corrected chi connectivity index (χ4v) is 4.58. The second-order valence-electron chi connectivity index (χ2n) is 6.02. The van der Waals surface area contributed by atoms with Crippen molar-refractivity contribution in [1.29, 1.82) is 0 Å². The number of thiazole rings is 1. The van der Waals surface area contributed by atoms with Crippen molar-refractivity contribution in [2.75, 3.05) is 39.2 Å². The topological polar surface area (TPSA) is 45.7 Å². The summed E-state index contributed by atoms with van der Waals surface area (Å²) < 4.78 is 7.00. The summed E-state index contributed by atoms with van der Waals surface area (Å²) in [6, 6.07) is 9.31. The number of aromatic nitrogens is 1. The van der Waals surface area contributed by atoms with E-state index in [1.54, 1.807) is 24.1 Å². The van der Waals surface area contributed by atoms with Gasteiger partial charge in [-0.25, -0.2) is 4.98 Å². The van der Waals surface area contributed by atoms with E-state index in [2.05, 4.69) is 4.90 Å². The van der Waals surface area contributed by atoms with Crippen LogP contribution in [0.25, 0.3) is 10.2 Å². The summed E-state index contributed by atoms with van der Waals surface area (Å²) in [5, 5.41) is 0.678. The number of thiophene rings is 1. The molecule has 3 rings (SSSR count). The van der Waals surface area contributed by atoms with E-state index in [0.717, 1.165) is 23.2 Å². The normalized spacial score (nSPS) is 10.9. The highest BCUT2D eigenvalue weighted by Crippen LogP contribution is 2.35. The molecule has 0 aliphatic rings. The van der Waals surface area contributed by atoms with Crippen molar-refractivity contribution in [3.63, 3.8) is 0 Å². The van der Waals surface area contributed by atoms with Gasteiger partial charge in [0.15, 0.2) is 5.13 Å². The molecule has 0 fully saturated rings. The van der Waals surface area contributed by atoms with E-state index in [4.69, 9.17) is 21.3 Å². The van der Waals surface area contributed by atoms with Crippen LogP contribution < -0.4 is 9.64 Å². The molecule has 0 N–H and O–H groups in total. The highest BCUT2D eigenvalue weighted by atomic mass is 35.5. The molecule has 0 spiro atoms. The molecule has 27 heavy (non-hydrogen) atoms. The first-order chi connectivity index (χ1) is 12.5. The zero-order valence-corrected chi connectivity index (χ0v) is 18.5. The number of hydrogen-bond acceptors (Lipinski definition) is 6. The first-order valence-electron chi connectivity index (χ1n) is 8.15. The standard InChI is InChI=1S/C18H20ClN3O2S2.ClH/c1-21(2)10-5-11-22(17(23)14-8-9-15(19)25-14)18-20-16-12(24-3)6-4-7-13(16)26-18;/h4,6-9H,5,10-11H2,1-3H3;1H. The lowest BCUT2D eigenvalue weighted by molar-refractivity contribution is 0.0990. The van der Waals surface area contributed by atoms with Gasteiger partial charge in [0.25, 0.3) is 5.91 Å². The van der Waals surface area contributed by atoms with Gasteiger partial charge >= 0.3 is 0 Å². The van der Waals surface area contributed by atoms with Crippen LogP contribution >= 0.6 is 46.7 Å². The van der Waals surface area contributed by atoms with Gasteiger partial charge < -0.3 is 9.64 Å². The quantitative estimate of drug-likeness (QED) is 0.510. The Labute approximate surface area is 177 Å². The Hall–Kier alpha value is -1.38.